The van der Waals surface area contributed by atoms with Crippen molar-refractivity contribution in [1.29, 1.82) is 0 Å². The Labute approximate surface area is 94.7 Å². The molecule has 1 aromatic heterocycles. The van der Waals surface area contributed by atoms with Gasteiger partial charge in [0.15, 0.2) is 0 Å². The van der Waals surface area contributed by atoms with Gasteiger partial charge in [-0.1, -0.05) is 6.92 Å². The Morgan fingerprint density at radius 2 is 2.27 bits per heavy atom. The number of hydrogen-bond donors (Lipinski definition) is 1. The minimum atomic E-state index is -0.275. The van der Waals surface area contributed by atoms with Gasteiger partial charge in [-0.3, -0.25) is 0 Å². The number of aryl methyl sites for hydroxylation is 1. The first kappa shape index (κ1) is 10.3. The number of aromatic nitrogens is 2. The monoisotopic (exact) mass is 269 g/mol. The molecule has 2 N–H and O–H groups in total. The highest BCUT2D eigenvalue weighted by Gasteiger charge is 2.12. The van der Waals surface area contributed by atoms with E-state index in [0.29, 0.717) is 22.0 Å². The summed E-state index contributed by atoms with van der Waals surface area (Å²) in [5, 5.41) is 0.786. The molecule has 2 aromatic rings. The van der Waals surface area contributed by atoms with E-state index in [1.54, 1.807) is 12.3 Å². The van der Waals surface area contributed by atoms with Gasteiger partial charge in [-0.05, 0) is 28.4 Å². The predicted octanol–water partition coefficient (Wildman–Crippen LogP) is 2.68. The SMILES string of the molecule is CCc1c(F)c(Br)cc2cnc(N)nc12. The van der Waals surface area contributed by atoms with E-state index in [-0.39, 0.29) is 11.8 Å². The molecule has 2 rings (SSSR count). The molecule has 0 fully saturated rings. The van der Waals surface area contributed by atoms with Gasteiger partial charge in [0.1, 0.15) is 5.82 Å². The molecule has 0 unspecified atom stereocenters. The summed E-state index contributed by atoms with van der Waals surface area (Å²) in [7, 11) is 0. The van der Waals surface area contributed by atoms with Gasteiger partial charge in [-0.25, -0.2) is 14.4 Å². The zero-order valence-corrected chi connectivity index (χ0v) is 9.68. The van der Waals surface area contributed by atoms with Crippen LogP contribution in [0.5, 0.6) is 0 Å². The summed E-state index contributed by atoms with van der Waals surface area (Å²) in [4.78, 5) is 7.93. The van der Waals surface area contributed by atoms with Gasteiger partial charge in [-0.15, -0.1) is 0 Å². The van der Waals surface area contributed by atoms with Crippen LogP contribution in [0, 0.1) is 5.82 Å². The number of nitrogens with zero attached hydrogens (tertiary/aromatic N) is 2. The Morgan fingerprint density at radius 3 is 2.93 bits per heavy atom. The van der Waals surface area contributed by atoms with Crippen LogP contribution in [0.3, 0.4) is 0 Å². The molecule has 1 aromatic carbocycles. The molecule has 0 aliphatic carbocycles. The normalized spacial score (nSPS) is 10.9. The average molecular weight is 270 g/mol. The lowest BCUT2D eigenvalue weighted by Gasteiger charge is -2.07. The summed E-state index contributed by atoms with van der Waals surface area (Å²) in [6.45, 7) is 1.88. The molecular formula is C10H9BrFN3. The molecule has 0 aliphatic heterocycles. The largest absolute Gasteiger partial charge is 0.368 e. The van der Waals surface area contributed by atoms with E-state index in [9.17, 15) is 4.39 Å². The van der Waals surface area contributed by atoms with Gasteiger partial charge in [0.25, 0.3) is 0 Å². The second-order valence-electron chi connectivity index (χ2n) is 3.17. The first-order valence-corrected chi connectivity index (χ1v) is 5.32. The van der Waals surface area contributed by atoms with Crippen molar-refractivity contribution in [2.24, 2.45) is 0 Å². The van der Waals surface area contributed by atoms with Crippen molar-refractivity contribution in [2.75, 3.05) is 5.73 Å². The van der Waals surface area contributed by atoms with Crippen LogP contribution < -0.4 is 5.73 Å². The number of nitrogen functional groups attached to an aromatic ring is 1. The number of fused-ring (bicyclic) bond motifs is 1. The summed E-state index contributed by atoms with van der Waals surface area (Å²) < 4.78 is 14.1. The van der Waals surface area contributed by atoms with Crippen molar-refractivity contribution < 1.29 is 4.39 Å². The summed E-state index contributed by atoms with van der Waals surface area (Å²) in [5.41, 5.74) is 6.63. The maximum Gasteiger partial charge on any atom is 0.220 e. The molecule has 0 radical (unpaired) electrons. The summed E-state index contributed by atoms with van der Waals surface area (Å²) in [6.07, 6.45) is 2.17. The van der Waals surface area contributed by atoms with Crippen LogP contribution in [0.15, 0.2) is 16.7 Å². The fourth-order valence-corrected chi connectivity index (χ4v) is 2.01. The Kier molecular flexibility index (Phi) is 2.56. The second kappa shape index (κ2) is 3.73. The van der Waals surface area contributed by atoms with E-state index < -0.39 is 0 Å². The van der Waals surface area contributed by atoms with Crippen molar-refractivity contribution in [1.82, 2.24) is 9.97 Å². The lowest BCUT2D eigenvalue weighted by atomic mass is 10.1. The number of benzene rings is 1. The third-order valence-corrected chi connectivity index (χ3v) is 2.81. The molecule has 0 spiro atoms. The number of nitrogens with two attached hydrogens (primary N) is 1. The Bertz CT molecular complexity index is 528. The molecule has 0 bridgehead atoms. The quantitative estimate of drug-likeness (QED) is 0.866. The van der Waals surface area contributed by atoms with Crippen molar-refractivity contribution in [3.63, 3.8) is 0 Å². The topological polar surface area (TPSA) is 51.8 Å². The summed E-state index contributed by atoms with van der Waals surface area (Å²) in [6, 6.07) is 1.66. The van der Waals surface area contributed by atoms with Crippen LogP contribution >= 0.6 is 15.9 Å². The van der Waals surface area contributed by atoms with Crippen LogP contribution in [-0.4, -0.2) is 9.97 Å². The standard InChI is InChI=1S/C10H9BrFN3/c1-2-6-8(12)7(11)3-5-4-14-10(13)15-9(5)6/h3-4H,2H2,1H3,(H2,13,14,15). The van der Waals surface area contributed by atoms with E-state index in [2.05, 4.69) is 25.9 Å². The zero-order chi connectivity index (χ0) is 11.0. The molecule has 78 valence electrons. The third-order valence-electron chi connectivity index (χ3n) is 2.23. The van der Waals surface area contributed by atoms with E-state index in [1.165, 1.54) is 0 Å². The van der Waals surface area contributed by atoms with Gasteiger partial charge in [0.05, 0.1) is 9.99 Å². The van der Waals surface area contributed by atoms with Crippen molar-refractivity contribution >= 4 is 32.8 Å². The van der Waals surface area contributed by atoms with E-state index in [4.69, 9.17) is 5.73 Å². The highest BCUT2D eigenvalue weighted by molar-refractivity contribution is 9.10. The highest BCUT2D eigenvalue weighted by atomic mass is 79.9. The van der Waals surface area contributed by atoms with E-state index in [0.717, 1.165) is 5.39 Å². The fourth-order valence-electron chi connectivity index (χ4n) is 1.52. The van der Waals surface area contributed by atoms with Crippen molar-refractivity contribution in [3.8, 4) is 0 Å². The number of halogens is 2. The summed E-state index contributed by atoms with van der Waals surface area (Å²) >= 11 is 3.16. The Balaban J connectivity index is 2.89. The molecule has 0 saturated carbocycles. The zero-order valence-electron chi connectivity index (χ0n) is 8.09. The Morgan fingerprint density at radius 1 is 1.53 bits per heavy atom. The van der Waals surface area contributed by atoms with Crippen LogP contribution in [0.2, 0.25) is 0 Å². The number of hydrogen-bond acceptors (Lipinski definition) is 3. The maximum atomic E-state index is 13.7. The highest BCUT2D eigenvalue weighted by Crippen LogP contribution is 2.27. The minimum absolute atomic E-state index is 0.166. The van der Waals surface area contributed by atoms with Crippen LogP contribution in [0.4, 0.5) is 10.3 Å². The van der Waals surface area contributed by atoms with Gasteiger partial charge >= 0.3 is 0 Å². The number of rotatable bonds is 1. The van der Waals surface area contributed by atoms with E-state index in [1.807, 2.05) is 6.92 Å². The average Bonchev–Trinajstić information content (AvgIpc) is 2.21. The lowest BCUT2D eigenvalue weighted by Crippen LogP contribution is -1.99. The van der Waals surface area contributed by atoms with Crippen molar-refractivity contribution in [3.05, 3.63) is 28.1 Å². The van der Waals surface area contributed by atoms with Gasteiger partial charge < -0.3 is 5.73 Å². The smallest absolute Gasteiger partial charge is 0.220 e. The molecule has 1 heterocycles. The molecule has 0 atom stereocenters. The summed E-state index contributed by atoms with van der Waals surface area (Å²) in [5.74, 6) is -0.109. The first-order chi connectivity index (χ1) is 7.13. The van der Waals surface area contributed by atoms with Crippen molar-refractivity contribution in [2.45, 2.75) is 13.3 Å². The fraction of sp³-hybridized carbons (Fsp3) is 0.200. The molecule has 0 saturated heterocycles. The second-order valence-corrected chi connectivity index (χ2v) is 4.02. The maximum absolute atomic E-state index is 13.7. The van der Waals surface area contributed by atoms with Gasteiger partial charge in [0, 0.05) is 17.1 Å². The molecule has 3 nitrogen and oxygen atoms in total. The molecule has 15 heavy (non-hydrogen) atoms. The van der Waals surface area contributed by atoms with E-state index >= 15 is 0 Å². The van der Waals surface area contributed by atoms with Gasteiger partial charge in [-0.2, -0.15) is 0 Å². The van der Waals surface area contributed by atoms with Gasteiger partial charge in [0.2, 0.25) is 5.95 Å². The predicted molar refractivity (Wildman–Crippen MR) is 61.0 cm³/mol. The van der Waals surface area contributed by atoms with Crippen LogP contribution in [-0.2, 0) is 6.42 Å². The third kappa shape index (κ3) is 1.67. The van der Waals surface area contributed by atoms with Crippen LogP contribution in [0.1, 0.15) is 12.5 Å². The molecular weight excluding hydrogens is 261 g/mol. The minimum Gasteiger partial charge on any atom is -0.368 e. The Hall–Kier alpha value is -1.23. The lowest BCUT2D eigenvalue weighted by molar-refractivity contribution is 0.608. The molecule has 0 amide bonds. The number of anilines is 1. The molecule has 5 heteroatoms. The molecule has 0 aliphatic rings. The first-order valence-electron chi connectivity index (χ1n) is 4.52. The van der Waals surface area contributed by atoms with Crippen LogP contribution in [0.25, 0.3) is 10.9 Å².